The minimum absolute atomic E-state index is 0.0275. The Hall–Kier alpha value is -2.02. The smallest absolute Gasteiger partial charge is 0.273 e. The number of amides is 1. The van der Waals surface area contributed by atoms with Gasteiger partial charge in [0.25, 0.3) is 11.6 Å². The maximum Gasteiger partial charge on any atom is 0.273 e. The molecule has 6 nitrogen and oxygen atoms in total. The molecular weight excluding hydrogens is 241 g/mol. The first-order valence-corrected chi connectivity index (χ1v) is 5.30. The normalized spacial score (nSPS) is 10.2. The summed E-state index contributed by atoms with van der Waals surface area (Å²) in [4.78, 5) is 23.1. The standard InChI is InChI=1S/C11H14FN3O3/c1-13-3-4-14(2)11(16)8-5-9(12)7-10(6-8)15(17)18/h5-7,13H,3-4H2,1-2H3. The molecule has 1 N–H and O–H groups in total. The second-order valence-corrected chi connectivity index (χ2v) is 3.79. The molecule has 0 bridgehead atoms. The van der Waals surface area contributed by atoms with Gasteiger partial charge in [-0.05, 0) is 13.1 Å². The number of nitro benzene ring substituents is 1. The van der Waals surface area contributed by atoms with Gasteiger partial charge >= 0.3 is 0 Å². The van der Waals surface area contributed by atoms with Crippen molar-refractivity contribution in [1.29, 1.82) is 0 Å². The van der Waals surface area contributed by atoms with E-state index in [0.717, 1.165) is 18.2 Å². The molecule has 0 spiro atoms. The highest BCUT2D eigenvalue weighted by Gasteiger charge is 2.17. The molecule has 0 aliphatic rings. The third kappa shape index (κ3) is 3.49. The largest absolute Gasteiger partial charge is 0.340 e. The molecule has 1 aromatic carbocycles. The maximum atomic E-state index is 13.2. The van der Waals surface area contributed by atoms with Crippen LogP contribution in [0.3, 0.4) is 0 Å². The summed E-state index contributed by atoms with van der Waals surface area (Å²) in [6.45, 7) is 1.01. The Morgan fingerprint density at radius 3 is 2.72 bits per heavy atom. The number of halogens is 1. The molecule has 0 fully saturated rings. The van der Waals surface area contributed by atoms with Crippen LogP contribution in [0.1, 0.15) is 10.4 Å². The minimum atomic E-state index is -0.797. The first-order chi connectivity index (χ1) is 8.45. The van der Waals surface area contributed by atoms with Crippen molar-refractivity contribution in [2.45, 2.75) is 0 Å². The van der Waals surface area contributed by atoms with Crippen LogP contribution in [0.5, 0.6) is 0 Å². The summed E-state index contributed by atoms with van der Waals surface area (Å²) in [7, 11) is 3.29. The van der Waals surface area contributed by atoms with Crippen molar-refractivity contribution in [3.05, 3.63) is 39.7 Å². The molecule has 1 aromatic rings. The molecule has 1 rings (SSSR count). The molecule has 98 valence electrons. The first kappa shape index (κ1) is 14.0. The quantitative estimate of drug-likeness (QED) is 0.629. The van der Waals surface area contributed by atoms with Gasteiger partial charge in [-0.25, -0.2) is 4.39 Å². The van der Waals surface area contributed by atoms with Gasteiger partial charge in [0.2, 0.25) is 0 Å². The fourth-order valence-corrected chi connectivity index (χ4v) is 1.40. The maximum absolute atomic E-state index is 13.2. The summed E-state index contributed by atoms with van der Waals surface area (Å²) < 4.78 is 13.2. The Balaban J connectivity index is 2.95. The summed E-state index contributed by atoms with van der Waals surface area (Å²) in [5.74, 6) is -1.25. The topological polar surface area (TPSA) is 75.5 Å². The van der Waals surface area contributed by atoms with Crippen molar-refractivity contribution >= 4 is 11.6 Å². The Kier molecular flexibility index (Phi) is 4.73. The SMILES string of the molecule is CNCCN(C)C(=O)c1cc(F)cc([N+](=O)[O-])c1. The molecule has 0 aliphatic heterocycles. The molecule has 7 heteroatoms. The number of nitro groups is 1. The number of carbonyl (C=O) groups is 1. The van der Waals surface area contributed by atoms with Crippen molar-refractivity contribution in [3.63, 3.8) is 0 Å². The number of carbonyl (C=O) groups excluding carboxylic acids is 1. The fourth-order valence-electron chi connectivity index (χ4n) is 1.40. The van der Waals surface area contributed by atoms with Gasteiger partial charge in [0.1, 0.15) is 5.82 Å². The van der Waals surface area contributed by atoms with Crippen LogP contribution in [0.4, 0.5) is 10.1 Å². The van der Waals surface area contributed by atoms with Crippen LogP contribution in [-0.4, -0.2) is 42.9 Å². The Bertz CT molecular complexity index is 465. The molecular formula is C11H14FN3O3. The summed E-state index contributed by atoms with van der Waals surface area (Å²) in [5.41, 5.74) is -0.458. The average Bonchev–Trinajstić information content (AvgIpc) is 2.34. The van der Waals surface area contributed by atoms with Crippen LogP contribution in [-0.2, 0) is 0 Å². The molecule has 0 aliphatic carbocycles. The second kappa shape index (κ2) is 6.06. The molecule has 0 saturated carbocycles. The van der Waals surface area contributed by atoms with E-state index in [2.05, 4.69) is 5.32 Å². The summed E-state index contributed by atoms with van der Waals surface area (Å²) in [5, 5.41) is 13.4. The summed E-state index contributed by atoms with van der Waals surface area (Å²) >= 11 is 0. The molecule has 0 saturated heterocycles. The lowest BCUT2D eigenvalue weighted by Gasteiger charge is -2.16. The van der Waals surface area contributed by atoms with E-state index in [4.69, 9.17) is 0 Å². The van der Waals surface area contributed by atoms with Crippen molar-refractivity contribution in [2.24, 2.45) is 0 Å². The van der Waals surface area contributed by atoms with Crippen molar-refractivity contribution in [2.75, 3.05) is 27.2 Å². The van der Waals surface area contributed by atoms with Gasteiger partial charge in [0.15, 0.2) is 0 Å². The van der Waals surface area contributed by atoms with Gasteiger partial charge < -0.3 is 10.2 Å². The van der Waals surface area contributed by atoms with Crippen molar-refractivity contribution in [3.8, 4) is 0 Å². The van der Waals surface area contributed by atoms with E-state index in [1.807, 2.05) is 0 Å². The van der Waals surface area contributed by atoms with Gasteiger partial charge in [-0.2, -0.15) is 0 Å². The highest BCUT2D eigenvalue weighted by atomic mass is 19.1. The molecule has 18 heavy (non-hydrogen) atoms. The zero-order valence-corrected chi connectivity index (χ0v) is 10.1. The van der Waals surface area contributed by atoms with E-state index in [9.17, 15) is 19.3 Å². The molecule has 0 unspecified atom stereocenters. The number of non-ortho nitro benzene ring substituents is 1. The lowest BCUT2D eigenvalue weighted by atomic mass is 10.1. The van der Waals surface area contributed by atoms with Crippen LogP contribution in [0, 0.1) is 15.9 Å². The Morgan fingerprint density at radius 1 is 1.50 bits per heavy atom. The van der Waals surface area contributed by atoms with Crippen molar-refractivity contribution < 1.29 is 14.1 Å². The highest BCUT2D eigenvalue weighted by molar-refractivity contribution is 5.94. The number of benzene rings is 1. The van der Waals surface area contributed by atoms with Crippen molar-refractivity contribution in [1.82, 2.24) is 10.2 Å². The van der Waals surface area contributed by atoms with E-state index in [0.29, 0.717) is 13.1 Å². The lowest BCUT2D eigenvalue weighted by Crippen LogP contribution is -2.32. The summed E-state index contributed by atoms with van der Waals surface area (Å²) in [6, 6.07) is 2.84. The number of nitrogens with one attached hydrogen (secondary N) is 1. The Labute approximate surface area is 104 Å². The number of hydrogen-bond acceptors (Lipinski definition) is 4. The molecule has 0 heterocycles. The average molecular weight is 255 g/mol. The number of hydrogen-bond donors (Lipinski definition) is 1. The van der Waals surface area contributed by atoms with Crippen LogP contribution < -0.4 is 5.32 Å². The zero-order valence-electron chi connectivity index (χ0n) is 10.1. The molecule has 0 atom stereocenters. The van der Waals surface area contributed by atoms with Crippen LogP contribution in [0.2, 0.25) is 0 Å². The molecule has 0 radical (unpaired) electrons. The zero-order chi connectivity index (χ0) is 13.7. The molecule has 1 amide bonds. The van der Waals surface area contributed by atoms with Crippen LogP contribution in [0.25, 0.3) is 0 Å². The monoisotopic (exact) mass is 255 g/mol. The number of likely N-dealkylation sites (N-methyl/N-ethyl adjacent to an activating group) is 2. The van der Waals surface area contributed by atoms with Gasteiger partial charge in [-0.3, -0.25) is 14.9 Å². The fraction of sp³-hybridized carbons (Fsp3) is 0.364. The third-order valence-electron chi connectivity index (χ3n) is 2.38. The minimum Gasteiger partial charge on any atom is -0.340 e. The van der Waals surface area contributed by atoms with E-state index in [1.165, 1.54) is 4.90 Å². The van der Waals surface area contributed by atoms with Crippen LogP contribution >= 0.6 is 0 Å². The van der Waals surface area contributed by atoms with E-state index in [1.54, 1.807) is 14.1 Å². The number of nitrogens with zero attached hydrogens (tertiary/aromatic N) is 2. The lowest BCUT2D eigenvalue weighted by molar-refractivity contribution is -0.385. The first-order valence-electron chi connectivity index (χ1n) is 5.30. The van der Waals surface area contributed by atoms with Gasteiger partial charge in [0.05, 0.1) is 11.0 Å². The van der Waals surface area contributed by atoms with Gasteiger partial charge in [0, 0.05) is 31.8 Å². The number of rotatable bonds is 5. The van der Waals surface area contributed by atoms with Gasteiger partial charge in [-0.1, -0.05) is 0 Å². The van der Waals surface area contributed by atoms with Gasteiger partial charge in [-0.15, -0.1) is 0 Å². The van der Waals surface area contributed by atoms with E-state index < -0.39 is 22.3 Å². The van der Waals surface area contributed by atoms with Crippen LogP contribution in [0.15, 0.2) is 18.2 Å². The second-order valence-electron chi connectivity index (χ2n) is 3.79. The molecule has 0 aromatic heterocycles. The Morgan fingerprint density at radius 2 is 2.17 bits per heavy atom. The third-order valence-corrected chi connectivity index (χ3v) is 2.38. The van der Waals surface area contributed by atoms with E-state index in [-0.39, 0.29) is 5.56 Å². The predicted molar refractivity (Wildman–Crippen MR) is 63.9 cm³/mol. The predicted octanol–water partition coefficient (Wildman–Crippen LogP) is 1.03. The highest BCUT2D eigenvalue weighted by Crippen LogP contribution is 2.17. The van der Waals surface area contributed by atoms with E-state index >= 15 is 0 Å². The summed E-state index contributed by atoms with van der Waals surface area (Å²) in [6.07, 6.45) is 0.